The summed E-state index contributed by atoms with van der Waals surface area (Å²) >= 11 is 0. The Hall–Kier alpha value is -1.29. The second-order valence-electron chi connectivity index (χ2n) is 5.17. The van der Waals surface area contributed by atoms with Crippen LogP contribution in [0.15, 0.2) is 18.5 Å². The van der Waals surface area contributed by atoms with E-state index in [-0.39, 0.29) is 11.3 Å². The quantitative estimate of drug-likeness (QED) is 0.777. The van der Waals surface area contributed by atoms with Crippen LogP contribution in [0.25, 0.3) is 0 Å². The van der Waals surface area contributed by atoms with Gasteiger partial charge in [-0.15, -0.1) is 0 Å². The van der Waals surface area contributed by atoms with E-state index in [9.17, 15) is 4.79 Å². The lowest BCUT2D eigenvalue weighted by atomic mass is 10.1. The van der Waals surface area contributed by atoms with Gasteiger partial charge in [0.05, 0.1) is 0 Å². The van der Waals surface area contributed by atoms with Crippen LogP contribution in [0.2, 0.25) is 0 Å². The molecule has 3 N–H and O–H groups in total. The molecule has 4 heteroatoms. The van der Waals surface area contributed by atoms with Crippen LogP contribution in [-0.4, -0.2) is 35.9 Å². The van der Waals surface area contributed by atoms with Gasteiger partial charge in [-0.2, -0.15) is 0 Å². The summed E-state index contributed by atoms with van der Waals surface area (Å²) in [5, 5.41) is 0. The summed E-state index contributed by atoms with van der Waals surface area (Å²) in [5.74, 6) is 0.214. The van der Waals surface area contributed by atoms with Crippen LogP contribution in [0, 0.1) is 5.41 Å². The van der Waals surface area contributed by atoms with Gasteiger partial charge in [0.25, 0.3) is 0 Å². The fraction of sp³-hybridized carbons (Fsp3) is 0.615. The summed E-state index contributed by atoms with van der Waals surface area (Å²) in [6.45, 7) is 1.51. The molecule has 0 saturated heterocycles. The van der Waals surface area contributed by atoms with Crippen molar-refractivity contribution < 1.29 is 4.79 Å². The Bertz CT molecular complexity index is 368. The number of hydrogen-bond donors (Lipinski definition) is 2. The highest BCUT2D eigenvalue weighted by atomic mass is 16.2. The number of aromatic nitrogens is 1. The van der Waals surface area contributed by atoms with Gasteiger partial charge >= 0.3 is 0 Å². The normalized spacial score (nSPS) is 16.8. The largest absolute Gasteiger partial charge is 0.367 e. The minimum absolute atomic E-state index is 0.214. The Morgan fingerprint density at radius 1 is 1.59 bits per heavy atom. The number of aromatic amines is 1. The fourth-order valence-electron chi connectivity index (χ4n) is 2.15. The number of amides is 1. The summed E-state index contributed by atoms with van der Waals surface area (Å²) < 4.78 is 0. The molecule has 17 heavy (non-hydrogen) atoms. The van der Waals surface area contributed by atoms with Crippen molar-refractivity contribution in [1.29, 1.82) is 0 Å². The summed E-state index contributed by atoms with van der Waals surface area (Å²) in [6, 6.07) is 2.01. The van der Waals surface area contributed by atoms with Gasteiger partial charge in [0.1, 0.15) is 0 Å². The second kappa shape index (κ2) is 4.92. The molecule has 0 radical (unpaired) electrons. The number of nitrogens with one attached hydrogen (secondary N) is 1. The predicted molar refractivity (Wildman–Crippen MR) is 67.5 cm³/mol. The first-order valence-electron chi connectivity index (χ1n) is 6.21. The van der Waals surface area contributed by atoms with Crippen molar-refractivity contribution in [3.63, 3.8) is 0 Å². The molecule has 0 atom stereocenters. The molecule has 1 aromatic rings. The van der Waals surface area contributed by atoms with E-state index < -0.39 is 0 Å². The lowest BCUT2D eigenvalue weighted by Crippen LogP contribution is -2.35. The third-order valence-electron chi connectivity index (χ3n) is 3.68. The molecule has 0 bridgehead atoms. The maximum Gasteiger partial charge on any atom is 0.222 e. The van der Waals surface area contributed by atoms with Crippen molar-refractivity contribution >= 4 is 5.91 Å². The van der Waals surface area contributed by atoms with E-state index in [2.05, 4.69) is 4.98 Å². The van der Waals surface area contributed by atoms with Crippen molar-refractivity contribution in [1.82, 2.24) is 9.88 Å². The third kappa shape index (κ3) is 3.09. The van der Waals surface area contributed by atoms with Gasteiger partial charge in [0.15, 0.2) is 0 Å². The molecule has 1 heterocycles. The van der Waals surface area contributed by atoms with Crippen LogP contribution in [0.4, 0.5) is 0 Å². The molecular weight excluding hydrogens is 214 g/mol. The zero-order chi connectivity index (χ0) is 12.3. The van der Waals surface area contributed by atoms with Crippen LogP contribution >= 0.6 is 0 Å². The first-order valence-corrected chi connectivity index (χ1v) is 6.21. The average Bonchev–Trinajstić information content (AvgIpc) is 2.91. The van der Waals surface area contributed by atoms with Gasteiger partial charge in [-0.3, -0.25) is 4.79 Å². The van der Waals surface area contributed by atoms with E-state index in [1.54, 1.807) is 0 Å². The second-order valence-corrected chi connectivity index (χ2v) is 5.17. The van der Waals surface area contributed by atoms with Crippen molar-refractivity contribution in [3.8, 4) is 0 Å². The van der Waals surface area contributed by atoms with E-state index in [4.69, 9.17) is 5.73 Å². The number of carbonyl (C=O) groups is 1. The van der Waals surface area contributed by atoms with E-state index >= 15 is 0 Å². The highest BCUT2D eigenvalue weighted by molar-refractivity contribution is 5.76. The van der Waals surface area contributed by atoms with Crippen molar-refractivity contribution in [3.05, 3.63) is 24.0 Å². The molecule has 94 valence electrons. The first kappa shape index (κ1) is 12.2. The Labute approximate surface area is 102 Å². The number of aryl methyl sites for hydroxylation is 1. The van der Waals surface area contributed by atoms with E-state index in [1.807, 2.05) is 30.4 Å². The van der Waals surface area contributed by atoms with Gasteiger partial charge in [-0.05, 0) is 37.4 Å². The molecule has 1 aliphatic carbocycles. The number of H-pyrrole nitrogens is 1. The third-order valence-corrected chi connectivity index (χ3v) is 3.68. The number of nitrogens with two attached hydrogens (primary N) is 1. The molecule has 0 unspecified atom stereocenters. The van der Waals surface area contributed by atoms with Gasteiger partial charge < -0.3 is 15.6 Å². The molecule has 1 fully saturated rings. The van der Waals surface area contributed by atoms with Crippen LogP contribution in [0.1, 0.15) is 24.8 Å². The molecule has 0 aromatic carbocycles. The molecule has 1 saturated carbocycles. The Morgan fingerprint density at radius 3 is 2.88 bits per heavy atom. The summed E-state index contributed by atoms with van der Waals surface area (Å²) in [4.78, 5) is 16.8. The minimum atomic E-state index is 0.214. The van der Waals surface area contributed by atoms with Crippen molar-refractivity contribution in [2.45, 2.75) is 25.7 Å². The maximum absolute atomic E-state index is 11.9. The predicted octanol–water partition coefficient (Wildman–Crippen LogP) is 1.14. The first-order chi connectivity index (χ1) is 8.15. The van der Waals surface area contributed by atoms with Gasteiger partial charge in [-0.25, -0.2) is 0 Å². The highest BCUT2D eigenvalue weighted by Crippen LogP contribution is 2.44. The highest BCUT2D eigenvalue weighted by Gasteiger charge is 2.42. The van der Waals surface area contributed by atoms with Crippen LogP contribution in [0.5, 0.6) is 0 Å². The Balaban J connectivity index is 1.75. The zero-order valence-corrected chi connectivity index (χ0v) is 10.4. The zero-order valence-electron chi connectivity index (χ0n) is 10.4. The van der Waals surface area contributed by atoms with E-state index in [1.165, 1.54) is 18.4 Å². The van der Waals surface area contributed by atoms with Crippen molar-refractivity contribution in [2.75, 3.05) is 20.1 Å². The van der Waals surface area contributed by atoms with Crippen molar-refractivity contribution in [2.24, 2.45) is 11.1 Å². The summed E-state index contributed by atoms with van der Waals surface area (Å²) in [7, 11) is 1.88. The smallest absolute Gasteiger partial charge is 0.222 e. The average molecular weight is 235 g/mol. The topological polar surface area (TPSA) is 62.1 Å². The monoisotopic (exact) mass is 235 g/mol. The Morgan fingerprint density at radius 2 is 2.35 bits per heavy atom. The number of carbonyl (C=O) groups excluding carboxylic acids is 1. The SMILES string of the molecule is CN(CC1(CN)CC1)C(=O)CCc1cc[nH]c1. The van der Waals surface area contributed by atoms with Crippen LogP contribution in [0.3, 0.4) is 0 Å². The molecule has 0 spiro atoms. The van der Waals surface area contributed by atoms with E-state index in [0.29, 0.717) is 13.0 Å². The molecule has 2 rings (SSSR count). The molecule has 4 nitrogen and oxygen atoms in total. The summed E-state index contributed by atoms with van der Waals surface area (Å²) in [5.41, 5.74) is 7.15. The summed E-state index contributed by atoms with van der Waals surface area (Å²) in [6.07, 6.45) is 7.54. The molecular formula is C13H21N3O. The lowest BCUT2D eigenvalue weighted by molar-refractivity contribution is -0.130. The van der Waals surface area contributed by atoms with E-state index in [0.717, 1.165) is 13.0 Å². The maximum atomic E-state index is 11.9. The molecule has 1 aromatic heterocycles. The fourth-order valence-corrected chi connectivity index (χ4v) is 2.15. The number of nitrogens with zero attached hydrogens (tertiary/aromatic N) is 1. The molecule has 1 amide bonds. The Kier molecular flexibility index (Phi) is 3.52. The van der Waals surface area contributed by atoms with Crippen LogP contribution < -0.4 is 5.73 Å². The van der Waals surface area contributed by atoms with Gasteiger partial charge in [0, 0.05) is 37.8 Å². The van der Waals surface area contributed by atoms with Gasteiger partial charge in [0.2, 0.25) is 5.91 Å². The standard InChI is InChI=1S/C13H21N3O/c1-16(10-13(9-14)5-6-13)12(17)3-2-11-4-7-15-8-11/h4,7-8,15H,2-3,5-6,9-10,14H2,1H3. The molecule has 0 aliphatic heterocycles. The lowest BCUT2D eigenvalue weighted by Gasteiger charge is -2.22. The van der Waals surface area contributed by atoms with Gasteiger partial charge in [-0.1, -0.05) is 0 Å². The van der Waals surface area contributed by atoms with Crippen LogP contribution in [-0.2, 0) is 11.2 Å². The number of rotatable bonds is 6. The molecule has 1 aliphatic rings. The minimum Gasteiger partial charge on any atom is -0.367 e. The number of hydrogen-bond acceptors (Lipinski definition) is 2.